The van der Waals surface area contributed by atoms with Crippen LogP contribution in [0.15, 0.2) is 23.1 Å². The quantitative estimate of drug-likeness (QED) is 0.843. The maximum atomic E-state index is 13.3. The van der Waals surface area contributed by atoms with Crippen molar-refractivity contribution < 1.29 is 26.0 Å². The number of benzene rings is 1. The summed E-state index contributed by atoms with van der Waals surface area (Å²) >= 11 is 0. The summed E-state index contributed by atoms with van der Waals surface area (Å²) in [5.74, 6) is -0.705. The zero-order valence-electron chi connectivity index (χ0n) is 11.5. The zero-order chi connectivity index (χ0) is 16.4. The summed E-state index contributed by atoms with van der Waals surface area (Å²) in [4.78, 5) is -0.415. The standard InChI is InChI=1S/C12H16F4N2O2S/c1-8(2)18(7-12(14,15)16)21(19,20)10-3-4-11(13)9(5-10)6-17/h3-5,8H,6-7,17H2,1-2H3. The normalized spacial score (nSPS) is 13.2. The van der Waals surface area contributed by atoms with Crippen molar-refractivity contribution in [2.45, 2.75) is 37.5 Å². The molecule has 0 aromatic heterocycles. The van der Waals surface area contributed by atoms with Crippen LogP contribution in [0.4, 0.5) is 17.6 Å². The van der Waals surface area contributed by atoms with E-state index in [9.17, 15) is 26.0 Å². The number of alkyl halides is 3. The third kappa shape index (κ3) is 4.39. The van der Waals surface area contributed by atoms with E-state index in [2.05, 4.69) is 0 Å². The van der Waals surface area contributed by atoms with E-state index in [1.54, 1.807) is 0 Å². The van der Waals surface area contributed by atoms with Gasteiger partial charge in [-0.05, 0) is 32.0 Å². The van der Waals surface area contributed by atoms with E-state index < -0.39 is 39.5 Å². The summed E-state index contributed by atoms with van der Waals surface area (Å²) in [6, 6.07) is 1.86. The average Bonchev–Trinajstić information content (AvgIpc) is 2.34. The minimum atomic E-state index is -4.67. The van der Waals surface area contributed by atoms with E-state index in [1.165, 1.54) is 13.8 Å². The molecule has 0 atom stereocenters. The largest absolute Gasteiger partial charge is 0.402 e. The van der Waals surface area contributed by atoms with Gasteiger partial charge in [-0.25, -0.2) is 12.8 Å². The fraction of sp³-hybridized carbons (Fsp3) is 0.500. The Morgan fingerprint density at radius 1 is 1.29 bits per heavy atom. The molecule has 9 heteroatoms. The lowest BCUT2D eigenvalue weighted by Crippen LogP contribution is -2.43. The summed E-state index contributed by atoms with van der Waals surface area (Å²) in [6.45, 7) is 0.797. The summed E-state index contributed by atoms with van der Waals surface area (Å²) in [7, 11) is -4.39. The molecule has 0 aliphatic carbocycles. The molecule has 1 rings (SSSR count). The molecule has 0 aliphatic rings. The van der Waals surface area contributed by atoms with Crippen LogP contribution in [0.25, 0.3) is 0 Å². The third-order valence-electron chi connectivity index (χ3n) is 2.75. The van der Waals surface area contributed by atoms with E-state index in [0.29, 0.717) is 4.31 Å². The van der Waals surface area contributed by atoms with Crippen molar-refractivity contribution in [1.29, 1.82) is 0 Å². The number of nitrogens with zero attached hydrogens (tertiary/aromatic N) is 1. The highest BCUT2D eigenvalue weighted by molar-refractivity contribution is 7.89. The van der Waals surface area contributed by atoms with Crippen molar-refractivity contribution in [2.75, 3.05) is 6.54 Å². The van der Waals surface area contributed by atoms with Crippen molar-refractivity contribution in [2.24, 2.45) is 5.73 Å². The molecule has 1 aromatic carbocycles. The fourth-order valence-corrected chi connectivity index (χ4v) is 3.40. The molecule has 0 unspecified atom stereocenters. The Morgan fingerprint density at radius 2 is 1.86 bits per heavy atom. The zero-order valence-corrected chi connectivity index (χ0v) is 12.3. The molecule has 1 aromatic rings. The minimum Gasteiger partial charge on any atom is -0.326 e. The number of hydrogen-bond acceptors (Lipinski definition) is 3. The first-order valence-electron chi connectivity index (χ1n) is 6.06. The van der Waals surface area contributed by atoms with Gasteiger partial charge in [0.2, 0.25) is 10.0 Å². The smallest absolute Gasteiger partial charge is 0.326 e. The first-order valence-corrected chi connectivity index (χ1v) is 7.50. The summed E-state index contributed by atoms with van der Waals surface area (Å²) < 4.78 is 75.8. The molecule has 0 heterocycles. The summed E-state index contributed by atoms with van der Waals surface area (Å²) in [5.41, 5.74) is 5.20. The van der Waals surface area contributed by atoms with Crippen LogP contribution < -0.4 is 5.73 Å². The van der Waals surface area contributed by atoms with Gasteiger partial charge in [0, 0.05) is 18.2 Å². The van der Waals surface area contributed by atoms with E-state index >= 15 is 0 Å². The van der Waals surface area contributed by atoms with Crippen LogP contribution in [0, 0.1) is 5.82 Å². The maximum absolute atomic E-state index is 13.3. The van der Waals surface area contributed by atoms with Gasteiger partial charge in [0.25, 0.3) is 0 Å². The molecule has 0 bridgehead atoms. The topological polar surface area (TPSA) is 63.4 Å². The maximum Gasteiger partial charge on any atom is 0.402 e. The molecule has 120 valence electrons. The molecule has 0 saturated carbocycles. The second-order valence-corrected chi connectivity index (χ2v) is 6.61. The first kappa shape index (κ1) is 17.9. The predicted octanol–water partition coefficient (Wildman–Crippen LogP) is 2.25. The van der Waals surface area contributed by atoms with Crippen LogP contribution in [0.1, 0.15) is 19.4 Å². The van der Waals surface area contributed by atoms with E-state index in [4.69, 9.17) is 5.73 Å². The summed E-state index contributed by atoms with van der Waals surface area (Å²) in [5, 5.41) is 0. The second kappa shape index (κ2) is 6.29. The van der Waals surface area contributed by atoms with Crippen molar-refractivity contribution >= 4 is 10.0 Å². The Labute approximate surface area is 120 Å². The monoisotopic (exact) mass is 328 g/mol. The van der Waals surface area contributed by atoms with Gasteiger partial charge in [-0.15, -0.1) is 0 Å². The van der Waals surface area contributed by atoms with Gasteiger partial charge in [-0.1, -0.05) is 0 Å². The van der Waals surface area contributed by atoms with Crippen LogP contribution in [-0.4, -0.2) is 31.5 Å². The molecular formula is C12H16F4N2O2S. The molecule has 2 N–H and O–H groups in total. The van der Waals surface area contributed by atoms with Crippen LogP contribution >= 0.6 is 0 Å². The van der Waals surface area contributed by atoms with Gasteiger partial charge in [0.15, 0.2) is 0 Å². The molecule has 21 heavy (non-hydrogen) atoms. The Morgan fingerprint density at radius 3 is 2.29 bits per heavy atom. The van der Waals surface area contributed by atoms with Crippen LogP contribution in [0.3, 0.4) is 0 Å². The lowest BCUT2D eigenvalue weighted by atomic mass is 10.2. The predicted molar refractivity (Wildman–Crippen MR) is 69.4 cm³/mol. The molecule has 4 nitrogen and oxygen atoms in total. The van der Waals surface area contributed by atoms with E-state index in [-0.39, 0.29) is 12.1 Å². The minimum absolute atomic E-state index is 0.0770. The summed E-state index contributed by atoms with van der Waals surface area (Å²) in [6.07, 6.45) is -4.67. The molecule has 0 amide bonds. The third-order valence-corrected chi connectivity index (χ3v) is 4.77. The number of hydrogen-bond donors (Lipinski definition) is 1. The van der Waals surface area contributed by atoms with Crippen LogP contribution in [0.2, 0.25) is 0 Å². The first-order chi connectivity index (χ1) is 9.49. The van der Waals surface area contributed by atoms with Crippen LogP contribution in [0.5, 0.6) is 0 Å². The van der Waals surface area contributed by atoms with Crippen molar-refractivity contribution in [3.8, 4) is 0 Å². The number of sulfonamides is 1. The highest BCUT2D eigenvalue weighted by Gasteiger charge is 2.38. The molecule has 0 radical (unpaired) electrons. The van der Waals surface area contributed by atoms with Gasteiger partial charge in [0.1, 0.15) is 12.4 Å². The Hall–Kier alpha value is -1.19. The highest BCUT2D eigenvalue weighted by atomic mass is 32.2. The lowest BCUT2D eigenvalue weighted by molar-refractivity contribution is -0.138. The van der Waals surface area contributed by atoms with Gasteiger partial charge in [0.05, 0.1) is 4.90 Å². The Kier molecular flexibility index (Phi) is 5.35. The average molecular weight is 328 g/mol. The number of rotatable bonds is 5. The van der Waals surface area contributed by atoms with Crippen molar-refractivity contribution in [1.82, 2.24) is 4.31 Å². The van der Waals surface area contributed by atoms with Gasteiger partial charge < -0.3 is 5.73 Å². The molecule has 0 fully saturated rings. The molecule has 0 aliphatic heterocycles. The fourth-order valence-electron chi connectivity index (χ4n) is 1.73. The Bertz CT molecular complexity index is 600. The van der Waals surface area contributed by atoms with Crippen LogP contribution in [-0.2, 0) is 16.6 Å². The van der Waals surface area contributed by atoms with E-state index in [1.807, 2.05) is 0 Å². The highest BCUT2D eigenvalue weighted by Crippen LogP contribution is 2.25. The molecule has 0 spiro atoms. The van der Waals surface area contributed by atoms with Crippen molar-refractivity contribution in [3.05, 3.63) is 29.6 Å². The second-order valence-electron chi connectivity index (χ2n) is 4.72. The molecule has 0 saturated heterocycles. The lowest BCUT2D eigenvalue weighted by Gasteiger charge is -2.27. The van der Waals surface area contributed by atoms with E-state index in [0.717, 1.165) is 18.2 Å². The molecular weight excluding hydrogens is 312 g/mol. The number of halogens is 4. The van der Waals surface area contributed by atoms with Gasteiger partial charge >= 0.3 is 6.18 Å². The Balaban J connectivity index is 3.29. The van der Waals surface area contributed by atoms with Crippen molar-refractivity contribution in [3.63, 3.8) is 0 Å². The number of nitrogens with two attached hydrogens (primary N) is 1. The van der Waals surface area contributed by atoms with Gasteiger partial charge in [-0.3, -0.25) is 0 Å². The van der Waals surface area contributed by atoms with Gasteiger partial charge in [-0.2, -0.15) is 17.5 Å². The SMILES string of the molecule is CC(C)N(CC(F)(F)F)S(=O)(=O)c1ccc(F)c(CN)c1.